The van der Waals surface area contributed by atoms with Gasteiger partial charge in [-0.1, -0.05) is 67.6 Å². The first kappa shape index (κ1) is 19.6. The van der Waals surface area contributed by atoms with Crippen LogP contribution in [0.4, 0.5) is 0 Å². The average Bonchev–Trinajstić information content (AvgIpc) is 2.76. The summed E-state index contributed by atoms with van der Waals surface area (Å²) in [6, 6.07) is 26.2. The maximum atomic E-state index is 13.6. The van der Waals surface area contributed by atoms with Crippen molar-refractivity contribution in [1.82, 2.24) is 0 Å². The highest BCUT2D eigenvalue weighted by Gasteiger charge is 2.33. The molecule has 3 nitrogen and oxygen atoms in total. The lowest BCUT2D eigenvalue weighted by Gasteiger charge is -2.22. The van der Waals surface area contributed by atoms with Gasteiger partial charge in [0.2, 0.25) is 0 Å². The van der Waals surface area contributed by atoms with Crippen LogP contribution in [0.1, 0.15) is 40.7 Å². The largest absolute Gasteiger partial charge is 0.497 e. The van der Waals surface area contributed by atoms with Crippen molar-refractivity contribution in [3.8, 4) is 5.75 Å². The maximum absolute atomic E-state index is 13.6. The third-order valence-corrected chi connectivity index (χ3v) is 4.99. The van der Waals surface area contributed by atoms with Crippen LogP contribution in [-0.2, 0) is 4.79 Å². The van der Waals surface area contributed by atoms with Gasteiger partial charge in [-0.3, -0.25) is 9.59 Å². The highest BCUT2D eigenvalue weighted by Crippen LogP contribution is 2.31. The lowest BCUT2D eigenvalue weighted by atomic mass is 9.79. The molecule has 0 bridgehead atoms. The number of methoxy groups -OCH3 is 1. The molecule has 3 rings (SSSR count). The molecular weight excluding hydrogens is 348 g/mol. The van der Waals surface area contributed by atoms with Crippen LogP contribution in [0.3, 0.4) is 0 Å². The van der Waals surface area contributed by atoms with Crippen molar-refractivity contribution in [2.24, 2.45) is 5.92 Å². The van der Waals surface area contributed by atoms with E-state index in [2.05, 4.69) is 0 Å². The van der Waals surface area contributed by atoms with Crippen molar-refractivity contribution in [2.75, 3.05) is 7.11 Å². The Morgan fingerprint density at radius 3 is 1.71 bits per heavy atom. The van der Waals surface area contributed by atoms with Crippen molar-refractivity contribution in [3.63, 3.8) is 0 Å². The SMILES string of the molecule is CCC(C(=O)c1ccc(OC)cc1)C(=O)C(c1ccccc1)c1ccccc1. The van der Waals surface area contributed by atoms with Crippen LogP contribution in [-0.4, -0.2) is 18.7 Å². The molecule has 0 aliphatic rings. The molecule has 0 amide bonds. The molecule has 0 N–H and O–H groups in total. The van der Waals surface area contributed by atoms with Gasteiger partial charge in [0.25, 0.3) is 0 Å². The zero-order valence-electron chi connectivity index (χ0n) is 16.2. The number of hydrogen-bond donors (Lipinski definition) is 0. The van der Waals surface area contributed by atoms with Gasteiger partial charge in [0, 0.05) is 5.56 Å². The number of ether oxygens (including phenoxy) is 1. The Labute approximate surface area is 166 Å². The van der Waals surface area contributed by atoms with E-state index in [1.54, 1.807) is 31.4 Å². The fourth-order valence-corrected chi connectivity index (χ4v) is 3.49. The Kier molecular flexibility index (Phi) is 6.38. The van der Waals surface area contributed by atoms with Crippen molar-refractivity contribution in [1.29, 1.82) is 0 Å². The average molecular weight is 372 g/mol. The predicted octanol–water partition coefficient (Wildman–Crippen LogP) is 5.31. The molecule has 3 heteroatoms. The summed E-state index contributed by atoms with van der Waals surface area (Å²) in [4.78, 5) is 26.7. The van der Waals surface area contributed by atoms with Crippen LogP contribution in [0, 0.1) is 5.92 Å². The number of rotatable bonds is 8. The molecule has 0 saturated carbocycles. The minimum absolute atomic E-state index is 0.0688. The van der Waals surface area contributed by atoms with E-state index < -0.39 is 11.8 Å². The van der Waals surface area contributed by atoms with Crippen molar-refractivity contribution in [3.05, 3.63) is 102 Å². The lowest BCUT2D eigenvalue weighted by molar-refractivity contribution is -0.122. The van der Waals surface area contributed by atoms with Gasteiger partial charge in [0.1, 0.15) is 5.75 Å². The van der Waals surface area contributed by atoms with Crippen molar-refractivity contribution < 1.29 is 14.3 Å². The van der Waals surface area contributed by atoms with E-state index in [0.29, 0.717) is 17.7 Å². The zero-order chi connectivity index (χ0) is 19.9. The Morgan fingerprint density at radius 1 is 0.786 bits per heavy atom. The van der Waals surface area contributed by atoms with Gasteiger partial charge in [0.05, 0.1) is 18.9 Å². The summed E-state index contributed by atoms with van der Waals surface area (Å²) in [6.45, 7) is 1.89. The number of carbonyl (C=O) groups excluding carboxylic acids is 2. The molecule has 3 aromatic rings. The molecule has 0 heterocycles. The summed E-state index contributed by atoms with van der Waals surface area (Å²) in [5.74, 6) is -0.691. The Balaban J connectivity index is 1.96. The first-order chi connectivity index (χ1) is 13.7. The number of benzene rings is 3. The Morgan fingerprint density at radius 2 is 1.29 bits per heavy atom. The summed E-state index contributed by atoms with van der Waals surface area (Å²) in [7, 11) is 1.58. The molecule has 142 valence electrons. The van der Waals surface area contributed by atoms with E-state index in [9.17, 15) is 9.59 Å². The van der Waals surface area contributed by atoms with E-state index in [1.165, 1.54) is 0 Å². The fourth-order valence-electron chi connectivity index (χ4n) is 3.49. The molecule has 0 aliphatic carbocycles. The molecule has 28 heavy (non-hydrogen) atoms. The Bertz CT molecular complexity index is 876. The second-order valence-electron chi connectivity index (χ2n) is 6.71. The van der Waals surface area contributed by atoms with E-state index in [0.717, 1.165) is 11.1 Å². The summed E-state index contributed by atoms with van der Waals surface area (Å²) >= 11 is 0. The molecule has 0 saturated heterocycles. The molecule has 0 fully saturated rings. The summed E-state index contributed by atoms with van der Waals surface area (Å²) in [5.41, 5.74) is 2.33. The van der Waals surface area contributed by atoms with Gasteiger partial charge < -0.3 is 4.74 Å². The van der Waals surface area contributed by atoms with E-state index in [-0.39, 0.29) is 11.6 Å². The second kappa shape index (κ2) is 9.14. The molecular formula is C25H24O3. The van der Waals surface area contributed by atoms with Gasteiger partial charge in [-0.25, -0.2) is 0 Å². The normalized spacial score (nSPS) is 11.8. The molecule has 1 unspecified atom stereocenters. The molecule has 3 aromatic carbocycles. The van der Waals surface area contributed by atoms with Crippen LogP contribution in [0.5, 0.6) is 5.75 Å². The van der Waals surface area contributed by atoms with Crippen LogP contribution in [0.2, 0.25) is 0 Å². The third-order valence-electron chi connectivity index (χ3n) is 4.99. The third kappa shape index (κ3) is 4.20. The van der Waals surface area contributed by atoms with Crippen LogP contribution < -0.4 is 4.74 Å². The fraction of sp³-hybridized carbons (Fsp3) is 0.200. The van der Waals surface area contributed by atoms with Gasteiger partial charge >= 0.3 is 0 Å². The van der Waals surface area contributed by atoms with E-state index in [4.69, 9.17) is 4.74 Å². The van der Waals surface area contributed by atoms with Crippen LogP contribution in [0.15, 0.2) is 84.9 Å². The monoisotopic (exact) mass is 372 g/mol. The molecule has 0 spiro atoms. The minimum Gasteiger partial charge on any atom is -0.497 e. The molecule has 1 atom stereocenters. The molecule has 0 aromatic heterocycles. The maximum Gasteiger partial charge on any atom is 0.173 e. The topological polar surface area (TPSA) is 43.4 Å². The van der Waals surface area contributed by atoms with Gasteiger partial charge in [-0.05, 0) is 41.8 Å². The molecule has 0 aliphatic heterocycles. The van der Waals surface area contributed by atoms with E-state index >= 15 is 0 Å². The van der Waals surface area contributed by atoms with Crippen molar-refractivity contribution in [2.45, 2.75) is 19.3 Å². The van der Waals surface area contributed by atoms with Gasteiger partial charge in [0.15, 0.2) is 11.6 Å². The molecule has 0 radical (unpaired) electrons. The van der Waals surface area contributed by atoms with Crippen molar-refractivity contribution >= 4 is 11.6 Å². The van der Waals surface area contributed by atoms with E-state index in [1.807, 2.05) is 67.6 Å². The number of carbonyl (C=O) groups is 2. The summed E-state index contributed by atoms with van der Waals surface area (Å²) < 4.78 is 5.16. The highest BCUT2D eigenvalue weighted by atomic mass is 16.5. The standard InChI is InChI=1S/C25H24O3/c1-3-22(24(26)20-14-16-21(28-2)17-15-20)25(27)23(18-10-6-4-7-11-18)19-12-8-5-9-13-19/h4-17,22-23H,3H2,1-2H3. The summed E-state index contributed by atoms with van der Waals surface area (Å²) in [6.07, 6.45) is 0.458. The number of ketones is 2. The zero-order valence-corrected chi connectivity index (χ0v) is 16.2. The minimum atomic E-state index is -0.696. The van der Waals surface area contributed by atoms with Crippen LogP contribution in [0.25, 0.3) is 0 Å². The van der Waals surface area contributed by atoms with Gasteiger partial charge in [-0.15, -0.1) is 0 Å². The Hall–Kier alpha value is -3.20. The quantitative estimate of drug-likeness (QED) is 0.398. The highest BCUT2D eigenvalue weighted by molar-refractivity contribution is 6.13. The predicted molar refractivity (Wildman–Crippen MR) is 111 cm³/mol. The van der Waals surface area contributed by atoms with Gasteiger partial charge in [-0.2, -0.15) is 0 Å². The summed E-state index contributed by atoms with van der Waals surface area (Å²) in [5, 5.41) is 0. The first-order valence-corrected chi connectivity index (χ1v) is 9.47. The first-order valence-electron chi connectivity index (χ1n) is 9.47. The second-order valence-corrected chi connectivity index (χ2v) is 6.71. The number of hydrogen-bond acceptors (Lipinski definition) is 3. The number of Topliss-reactive ketones (excluding diaryl/α,β-unsaturated/α-hetero) is 2. The smallest absolute Gasteiger partial charge is 0.173 e. The van der Waals surface area contributed by atoms with Crippen LogP contribution >= 0.6 is 0 Å². The lowest BCUT2D eigenvalue weighted by Crippen LogP contribution is -2.29.